The van der Waals surface area contributed by atoms with Crippen LogP contribution in [-0.2, 0) is 6.54 Å². The predicted molar refractivity (Wildman–Crippen MR) is 69.8 cm³/mol. The van der Waals surface area contributed by atoms with E-state index in [9.17, 15) is 13.2 Å². The van der Waals surface area contributed by atoms with Crippen molar-refractivity contribution in [1.82, 2.24) is 5.32 Å². The molecule has 0 aromatic heterocycles. The molecule has 2 atom stereocenters. The number of nitrogens with one attached hydrogen (secondary N) is 1. The van der Waals surface area contributed by atoms with Crippen molar-refractivity contribution < 1.29 is 13.2 Å². The van der Waals surface area contributed by atoms with E-state index in [0.29, 0.717) is 18.5 Å². The largest absolute Gasteiger partial charge is 0.391 e. The van der Waals surface area contributed by atoms with E-state index in [0.717, 1.165) is 12.0 Å². The first kappa shape index (κ1) is 14.9. The van der Waals surface area contributed by atoms with Gasteiger partial charge in [0, 0.05) is 12.6 Å². The Kier molecular flexibility index (Phi) is 4.66. The standard InChI is InChI=1S/C15H17F3N2/c16-15(17,18)13-5-2-6-14(8-13)20-10-12-4-1-3-11(7-12)9-19/h1,3-4,7,13-14,20H,2,5-6,8,10H2/t13-,14-/m1/s1. The smallest absolute Gasteiger partial charge is 0.310 e. The highest BCUT2D eigenvalue weighted by atomic mass is 19.4. The number of nitriles is 1. The van der Waals surface area contributed by atoms with Gasteiger partial charge in [0.1, 0.15) is 0 Å². The fourth-order valence-electron chi connectivity index (χ4n) is 2.69. The molecule has 1 aliphatic rings. The van der Waals surface area contributed by atoms with Gasteiger partial charge in [-0.05, 0) is 37.0 Å². The molecule has 1 aromatic carbocycles. The first-order valence-electron chi connectivity index (χ1n) is 6.78. The minimum absolute atomic E-state index is 0.0962. The number of rotatable bonds is 3. The third-order valence-electron chi connectivity index (χ3n) is 3.79. The third kappa shape index (κ3) is 3.97. The van der Waals surface area contributed by atoms with Crippen molar-refractivity contribution in [2.75, 3.05) is 0 Å². The van der Waals surface area contributed by atoms with E-state index in [1.807, 2.05) is 6.07 Å². The number of benzene rings is 1. The molecule has 1 saturated carbocycles. The summed E-state index contributed by atoms with van der Waals surface area (Å²) in [5.74, 6) is -1.18. The molecule has 0 saturated heterocycles. The average Bonchev–Trinajstić information content (AvgIpc) is 2.45. The number of hydrogen-bond donors (Lipinski definition) is 1. The third-order valence-corrected chi connectivity index (χ3v) is 3.79. The highest BCUT2D eigenvalue weighted by Crippen LogP contribution is 2.37. The van der Waals surface area contributed by atoms with Crippen molar-refractivity contribution in [3.05, 3.63) is 35.4 Å². The van der Waals surface area contributed by atoms with E-state index < -0.39 is 12.1 Å². The Morgan fingerprint density at radius 3 is 2.80 bits per heavy atom. The van der Waals surface area contributed by atoms with Crippen LogP contribution in [0.1, 0.15) is 36.8 Å². The van der Waals surface area contributed by atoms with Crippen LogP contribution in [0.4, 0.5) is 13.2 Å². The van der Waals surface area contributed by atoms with E-state index in [1.54, 1.807) is 18.2 Å². The Morgan fingerprint density at radius 2 is 2.10 bits per heavy atom. The maximum atomic E-state index is 12.7. The molecule has 0 radical (unpaired) electrons. The Morgan fingerprint density at radius 1 is 1.30 bits per heavy atom. The molecule has 0 spiro atoms. The summed E-state index contributed by atoms with van der Waals surface area (Å²) in [6.45, 7) is 0.505. The second-order valence-corrected chi connectivity index (χ2v) is 5.30. The Balaban J connectivity index is 1.89. The van der Waals surface area contributed by atoms with E-state index in [2.05, 4.69) is 11.4 Å². The number of halogens is 3. The molecule has 1 aromatic rings. The minimum Gasteiger partial charge on any atom is -0.310 e. The van der Waals surface area contributed by atoms with Gasteiger partial charge in [0.2, 0.25) is 0 Å². The van der Waals surface area contributed by atoms with E-state index >= 15 is 0 Å². The molecular weight excluding hydrogens is 265 g/mol. The molecule has 2 nitrogen and oxygen atoms in total. The van der Waals surface area contributed by atoms with Gasteiger partial charge < -0.3 is 5.32 Å². The molecule has 0 unspecified atom stereocenters. The molecule has 0 amide bonds. The Bertz CT molecular complexity index is 491. The van der Waals surface area contributed by atoms with Crippen molar-refractivity contribution in [3.8, 4) is 6.07 Å². The number of alkyl halides is 3. The normalized spacial score (nSPS) is 23.3. The molecular formula is C15H17F3N2. The number of nitrogens with zero attached hydrogens (tertiary/aromatic N) is 1. The summed E-state index contributed by atoms with van der Waals surface area (Å²) in [6.07, 6.45) is -2.29. The van der Waals surface area contributed by atoms with Gasteiger partial charge in [-0.25, -0.2) is 0 Å². The quantitative estimate of drug-likeness (QED) is 0.916. The Labute approximate surface area is 116 Å². The summed E-state index contributed by atoms with van der Waals surface area (Å²) in [7, 11) is 0. The van der Waals surface area contributed by atoms with Crippen molar-refractivity contribution in [3.63, 3.8) is 0 Å². The first-order chi connectivity index (χ1) is 9.49. The second kappa shape index (κ2) is 6.27. The van der Waals surface area contributed by atoms with Gasteiger partial charge in [-0.2, -0.15) is 18.4 Å². The molecule has 5 heteroatoms. The predicted octanol–water partition coefficient (Wildman–Crippen LogP) is 3.77. The zero-order valence-corrected chi connectivity index (χ0v) is 11.1. The average molecular weight is 282 g/mol. The first-order valence-corrected chi connectivity index (χ1v) is 6.78. The van der Waals surface area contributed by atoms with Crippen LogP contribution in [0.2, 0.25) is 0 Å². The van der Waals surface area contributed by atoms with Crippen LogP contribution in [-0.4, -0.2) is 12.2 Å². The van der Waals surface area contributed by atoms with Gasteiger partial charge in [0.05, 0.1) is 17.6 Å². The lowest BCUT2D eigenvalue weighted by atomic mass is 9.85. The van der Waals surface area contributed by atoms with Gasteiger partial charge >= 0.3 is 6.18 Å². The summed E-state index contributed by atoms with van der Waals surface area (Å²) in [4.78, 5) is 0. The molecule has 108 valence electrons. The topological polar surface area (TPSA) is 35.8 Å². The van der Waals surface area contributed by atoms with Crippen molar-refractivity contribution >= 4 is 0 Å². The fraction of sp³-hybridized carbons (Fsp3) is 0.533. The van der Waals surface area contributed by atoms with Crippen LogP contribution in [0.25, 0.3) is 0 Å². The van der Waals surface area contributed by atoms with Gasteiger partial charge in [0.15, 0.2) is 0 Å². The molecule has 0 aliphatic heterocycles. The molecule has 2 rings (SSSR count). The van der Waals surface area contributed by atoms with Crippen LogP contribution < -0.4 is 5.32 Å². The molecule has 0 heterocycles. The van der Waals surface area contributed by atoms with Crippen molar-refractivity contribution in [1.29, 1.82) is 5.26 Å². The molecule has 1 aliphatic carbocycles. The zero-order chi connectivity index (χ0) is 14.6. The van der Waals surface area contributed by atoms with Crippen molar-refractivity contribution in [2.24, 2.45) is 5.92 Å². The monoisotopic (exact) mass is 282 g/mol. The molecule has 1 fully saturated rings. The fourth-order valence-corrected chi connectivity index (χ4v) is 2.69. The SMILES string of the molecule is N#Cc1cccc(CN[C@@H]2CCC[C@@H](C(F)(F)F)C2)c1. The summed E-state index contributed by atoms with van der Waals surface area (Å²) in [6, 6.07) is 9.09. The van der Waals surface area contributed by atoms with E-state index in [1.165, 1.54) is 0 Å². The molecule has 20 heavy (non-hydrogen) atoms. The minimum atomic E-state index is -4.08. The second-order valence-electron chi connectivity index (χ2n) is 5.30. The van der Waals surface area contributed by atoms with Crippen LogP contribution in [0.5, 0.6) is 0 Å². The maximum Gasteiger partial charge on any atom is 0.391 e. The van der Waals surface area contributed by atoms with E-state index in [-0.39, 0.29) is 18.9 Å². The lowest BCUT2D eigenvalue weighted by Gasteiger charge is -2.31. The number of hydrogen-bond acceptors (Lipinski definition) is 2. The maximum absolute atomic E-state index is 12.7. The van der Waals surface area contributed by atoms with Crippen LogP contribution in [0.3, 0.4) is 0 Å². The summed E-state index contributed by atoms with van der Waals surface area (Å²) < 4.78 is 38.1. The molecule has 1 N–H and O–H groups in total. The van der Waals surface area contributed by atoms with Crippen LogP contribution in [0, 0.1) is 17.2 Å². The van der Waals surface area contributed by atoms with Crippen LogP contribution >= 0.6 is 0 Å². The Hall–Kier alpha value is -1.54. The van der Waals surface area contributed by atoms with Crippen LogP contribution in [0.15, 0.2) is 24.3 Å². The molecule has 0 bridgehead atoms. The van der Waals surface area contributed by atoms with E-state index in [4.69, 9.17) is 5.26 Å². The summed E-state index contributed by atoms with van der Waals surface area (Å²) in [5.41, 5.74) is 1.50. The van der Waals surface area contributed by atoms with Crippen molar-refractivity contribution in [2.45, 2.75) is 44.4 Å². The summed E-state index contributed by atoms with van der Waals surface area (Å²) >= 11 is 0. The zero-order valence-electron chi connectivity index (χ0n) is 11.1. The van der Waals surface area contributed by atoms with Gasteiger partial charge in [-0.1, -0.05) is 18.6 Å². The van der Waals surface area contributed by atoms with Gasteiger partial charge in [-0.3, -0.25) is 0 Å². The highest BCUT2D eigenvalue weighted by Gasteiger charge is 2.41. The van der Waals surface area contributed by atoms with Gasteiger partial charge in [-0.15, -0.1) is 0 Å². The highest BCUT2D eigenvalue weighted by molar-refractivity contribution is 5.32. The lowest BCUT2D eigenvalue weighted by Crippen LogP contribution is -2.38. The lowest BCUT2D eigenvalue weighted by molar-refractivity contribution is -0.183. The van der Waals surface area contributed by atoms with Gasteiger partial charge in [0.25, 0.3) is 0 Å². The summed E-state index contributed by atoms with van der Waals surface area (Å²) in [5, 5.41) is 12.0.